The normalized spacial score (nSPS) is 12.7. The number of carbonyl (C=O) groups is 1. The fourth-order valence-corrected chi connectivity index (χ4v) is 1.95. The second-order valence-corrected chi connectivity index (χ2v) is 5.17. The number of hydrogen-bond donors (Lipinski definition) is 1. The number of nitrogens with one attached hydrogen (secondary N) is 1. The smallest absolute Gasteiger partial charge is 0.273 e. The van der Waals surface area contributed by atoms with Crippen LogP contribution in [0.2, 0.25) is 0 Å². The summed E-state index contributed by atoms with van der Waals surface area (Å²) in [4.78, 5) is 11.7. The third kappa shape index (κ3) is 5.06. The highest BCUT2D eigenvalue weighted by atomic mass is 35.5. The van der Waals surface area contributed by atoms with E-state index in [-0.39, 0.29) is 17.0 Å². The molecule has 0 bridgehead atoms. The summed E-state index contributed by atoms with van der Waals surface area (Å²) in [7, 11) is 1.55. The third-order valence-electron chi connectivity index (χ3n) is 2.29. The molecule has 0 aliphatic carbocycles. The lowest BCUT2D eigenvalue weighted by atomic mass is 10.1. The van der Waals surface area contributed by atoms with Gasteiger partial charge in [-0.25, -0.2) is 0 Å². The van der Waals surface area contributed by atoms with E-state index in [9.17, 15) is 4.79 Å². The van der Waals surface area contributed by atoms with Crippen molar-refractivity contribution >= 4 is 17.5 Å². The SMILES string of the molecule is COCc1cc(C(=O)NCC(Cl)CC(C)C)no1. The molecule has 1 N–H and O–H groups in total. The van der Waals surface area contributed by atoms with Crippen LogP contribution >= 0.6 is 11.6 Å². The molecule has 1 unspecified atom stereocenters. The molecule has 1 atom stereocenters. The zero-order valence-corrected chi connectivity index (χ0v) is 11.7. The van der Waals surface area contributed by atoms with Gasteiger partial charge in [-0.1, -0.05) is 19.0 Å². The summed E-state index contributed by atoms with van der Waals surface area (Å²) in [6, 6.07) is 1.56. The lowest BCUT2D eigenvalue weighted by Crippen LogP contribution is -2.30. The van der Waals surface area contributed by atoms with E-state index in [1.807, 2.05) is 0 Å². The molecule has 1 amide bonds. The molecule has 1 aromatic rings. The Bertz CT molecular complexity index is 379. The van der Waals surface area contributed by atoms with Crippen molar-refractivity contribution in [2.45, 2.75) is 32.3 Å². The van der Waals surface area contributed by atoms with Crippen molar-refractivity contribution in [3.8, 4) is 0 Å². The first-order valence-electron chi connectivity index (χ1n) is 5.89. The Balaban J connectivity index is 2.40. The first-order chi connectivity index (χ1) is 8.52. The van der Waals surface area contributed by atoms with Crippen molar-refractivity contribution in [2.24, 2.45) is 5.92 Å². The number of rotatable bonds is 7. The second-order valence-electron chi connectivity index (χ2n) is 4.55. The van der Waals surface area contributed by atoms with Crippen LogP contribution in [0.4, 0.5) is 0 Å². The van der Waals surface area contributed by atoms with Gasteiger partial charge in [0.1, 0.15) is 6.61 Å². The quantitative estimate of drug-likeness (QED) is 0.774. The van der Waals surface area contributed by atoms with Gasteiger partial charge in [0.25, 0.3) is 5.91 Å². The first-order valence-corrected chi connectivity index (χ1v) is 6.33. The Morgan fingerprint density at radius 3 is 2.94 bits per heavy atom. The average molecular weight is 275 g/mol. The molecule has 0 aromatic carbocycles. The molecule has 0 saturated carbocycles. The van der Waals surface area contributed by atoms with Crippen molar-refractivity contribution in [3.05, 3.63) is 17.5 Å². The van der Waals surface area contributed by atoms with Gasteiger partial charge >= 0.3 is 0 Å². The molecular formula is C12H19ClN2O3. The summed E-state index contributed by atoms with van der Waals surface area (Å²) in [5.74, 6) is 0.743. The zero-order chi connectivity index (χ0) is 13.5. The van der Waals surface area contributed by atoms with Crippen LogP contribution in [0.3, 0.4) is 0 Å². The summed E-state index contributed by atoms with van der Waals surface area (Å²) >= 11 is 6.08. The molecule has 5 nitrogen and oxygen atoms in total. The maximum absolute atomic E-state index is 11.7. The number of carbonyl (C=O) groups excluding carboxylic acids is 1. The highest BCUT2D eigenvalue weighted by molar-refractivity contribution is 6.20. The van der Waals surface area contributed by atoms with E-state index in [4.69, 9.17) is 20.9 Å². The van der Waals surface area contributed by atoms with Crippen molar-refractivity contribution in [3.63, 3.8) is 0 Å². The molecule has 0 radical (unpaired) electrons. The van der Waals surface area contributed by atoms with Gasteiger partial charge < -0.3 is 14.6 Å². The third-order valence-corrected chi connectivity index (χ3v) is 2.62. The van der Waals surface area contributed by atoms with Crippen molar-refractivity contribution in [2.75, 3.05) is 13.7 Å². The van der Waals surface area contributed by atoms with Crippen LogP contribution in [0, 0.1) is 5.92 Å². The molecule has 102 valence electrons. The minimum absolute atomic E-state index is 0.0701. The van der Waals surface area contributed by atoms with Crippen LogP contribution in [0.25, 0.3) is 0 Å². The van der Waals surface area contributed by atoms with Crippen LogP contribution in [-0.2, 0) is 11.3 Å². The van der Waals surface area contributed by atoms with Gasteiger partial charge in [-0.3, -0.25) is 4.79 Å². The van der Waals surface area contributed by atoms with E-state index >= 15 is 0 Å². The molecule has 6 heteroatoms. The first kappa shape index (κ1) is 15.0. The Labute approximate surface area is 112 Å². The molecule has 0 fully saturated rings. The predicted molar refractivity (Wildman–Crippen MR) is 68.6 cm³/mol. The minimum Gasteiger partial charge on any atom is -0.377 e. The van der Waals surface area contributed by atoms with Crippen LogP contribution in [-0.4, -0.2) is 30.1 Å². The van der Waals surface area contributed by atoms with E-state index in [0.29, 0.717) is 24.8 Å². The summed E-state index contributed by atoms with van der Waals surface area (Å²) in [5.41, 5.74) is 0.246. The van der Waals surface area contributed by atoms with Crippen molar-refractivity contribution in [1.82, 2.24) is 10.5 Å². The Morgan fingerprint density at radius 2 is 2.33 bits per heavy atom. The molecule has 1 aromatic heterocycles. The molecule has 1 rings (SSSR count). The topological polar surface area (TPSA) is 64.4 Å². The van der Waals surface area contributed by atoms with Gasteiger partial charge in [0.2, 0.25) is 0 Å². The Hall–Kier alpha value is -1.07. The molecular weight excluding hydrogens is 256 g/mol. The summed E-state index contributed by atoms with van der Waals surface area (Å²) in [6.45, 7) is 4.90. The van der Waals surface area contributed by atoms with E-state index < -0.39 is 0 Å². The lowest BCUT2D eigenvalue weighted by molar-refractivity contribution is 0.0943. The maximum atomic E-state index is 11.7. The molecule has 1 heterocycles. The van der Waals surface area contributed by atoms with Crippen LogP contribution in [0.5, 0.6) is 0 Å². The number of ether oxygens (including phenoxy) is 1. The summed E-state index contributed by atoms with van der Waals surface area (Å²) < 4.78 is 9.81. The maximum Gasteiger partial charge on any atom is 0.273 e. The number of alkyl halides is 1. The van der Waals surface area contributed by atoms with Crippen molar-refractivity contribution in [1.29, 1.82) is 0 Å². The van der Waals surface area contributed by atoms with Crippen LogP contribution in [0.15, 0.2) is 10.6 Å². The fraction of sp³-hybridized carbons (Fsp3) is 0.667. The van der Waals surface area contributed by atoms with Gasteiger partial charge in [0.15, 0.2) is 11.5 Å². The number of methoxy groups -OCH3 is 1. The molecule has 0 aliphatic rings. The van der Waals surface area contributed by atoms with Gasteiger partial charge in [0.05, 0.1) is 5.38 Å². The van der Waals surface area contributed by atoms with Gasteiger partial charge in [-0.2, -0.15) is 0 Å². The number of nitrogens with zero attached hydrogens (tertiary/aromatic N) is 1. The van der Waals surface area contributed by atoms with Gasteiger partial charge in [-0.05, 0) is 12.3 Å². The van der Waals surface area contributed by atoms with Crippen molar-refractivity contribution < 1.29 is 14.1 Å². The number of halogens is 1. The van der Waals surface area contributed by atoms with Crippen LogP contribution in [0.1, 0.15) is 36.5 Å². The minimum atomic E-state index is -0.282. The van der Waals surface area contributed by atoms with E-state index in [0.717, 1.165) is 6.42 Å². The Morgan fingerprint density at radius 1 is 1.61 bits per heavy atom. The molecule has 0 spiro atoms. The Kier molecular flexibility index (Phi) is 6.15. The van der Waals surface area contributed by atoms with Crippen LogP contribution < -0.4 is 5.32 Å². The van der Waals surface area contributed by atoms with E-state index in [2.05, 4.69) is 24.3 Å². The van der Waals surface area contributed by atoms with Gasteiger partial charge in [-0.15, -0.1) is 11.6 Å². The monoisotopic (exact) mass is 274 g/mol. The number of aromatic nitrogens is 1. The van der Waals surface area contributed by atoms with Gasteiger partial charge in [0, 0.05) is 19.7 Å². The molecule has 0 aliphatic heterocycles. The summed E-state index contributed by atoms with van der Waals surface area (Å²) in [6.07, 6.45) is 0.857. The van der Waals surface area contributed by atoms with E-state index in [1.165, 1.54) is 0 Å². The average Bonchev–Trinajstić information content (AvgIpc) is 2.74. The second kappa shape index (κ2) is 7.38. The molecule has 18 heavy (non-hydrogen) atoms. The predicted octanol–water partition coefficient (Wildman–Crippen LogP) is 2.20. The highest BCUT2D eigenvalue weighted by Gasteiger charge is 2.14. The standard InChI is InChI=1S/C12H19ClN2O3/c1-8(2)4-9(13)6-14-12(16)11-5-10(7-17-3)18-15-11/h5,8-9H,4,6-7H2,1-3H3,(H,14,16). The van der Waals surface area contributed by atoms with E-state index in [1.54, 1.807) is 13.2 Å². The highest BCUT2D eigenvalue weighted by Crippen LogP contribution is 2.10. The fourth-order valence-electron chi connectivity index (χ4n) is 1.52. The largest absolute Gasteiger partial charge is 0.377 e. The lowest BCUT2D eigenvalue weighted by Gasteiger charge is -2.11. The summed E-state index contributed by atoms with van der Waals surface area (Å²) in [5, 5.41) is 6.32. The number of amides is 1. The zero-order valence-electron chi connectivity index (χ0n) is 10.9. The molecule has 0 saturated heterocycles. The number of hydrogen-bond acceptors (Lipinski definition) is 4.